The predicted molar refractivity (Wildman–Crippen MR) is 90.3 cm³/mol. The number of anilines is 1. The summed E-state index contributed by atoms with van der Waals surface area (Å²) in [5.41, 5.74) is 1.39. The molecule has 4 heteroatoms. The molecule has 1 unspecified atom stereocenters. The van der Waals surface area contributed by atoms with Crippen molar-refractivity contribution < 1.29 is 4.74 Å². The molecule has 2 aliphatic rings. The molecule has 0 aromatic carbocycles. The molecule has 3 heterocycles. The summed E-state index contributed by atoms with van der Waals surface area (Å²) in [5, 5.41) is 0. The van der Waals surface area contributed by atoms with Crippen LogP contribution in [0.1, 0.15) is 44.7 Å². The summed E-state index contributed by atoms with van der Waals surface area (Å²) in [5.74, 6) is 1.82. The number of morpholine rings is 1. The van der Waals surface area contributed by atoms with Crippen LogP contribution < -0.4 is 4.90 Å². The molecular weight excluding hydrogens is 274 g/mol. The van der Waals surface area contributed by atoms with Crippen LogP contribution in [-0.4, -0.2) is 49.3 Å². The highest BCUT2D eigenvalue weighted by atomic mass is 16.5. The van der Waals surface area contributed by atoms with Gasteiger partial charge in [0, 0.05) is 31.9 Å². The molecule has 4 nitrogen and oxygen atoms in total. The third-order valence-electron chi connectivity index (χ3n) is 4.70. The minimum absolute atomic E-state index is 0.558. The number of hydrogen-bond donors (Lipinski definition) is 0. The Kier molecular flexibility index (Phi) is 5.32. The summed E-state index contributed by atoms with van der Waals surface area (Å²) in [6, 6.07) is 5.05. The van der Waals surface area contributed by atoms with Gasteiger partial charge < -0.3 is 9.64 Å². The summed E-state index contributed by atoms with van der Waals surface area (Å²) in [7, 11) is 0. The standard InChI is InChI=1S/C18H29N3O/c1-15(2)14-21-8-4-3-5-17(21)16-6-7-18(19-13-16)20-9-11-22-12-10-20/h6-7,13,15,17H,3-5,8-12,14H2,1-2H3. The molecule has 1 atom stereocenters. The lowest BCUT2D eigenvalue weighted by Crippen LogP contribution is -2.37. The van der Waals surface area contributed by atoms with Gasteiger partial charge in [0.2, 0.25) is 0 Å². The molecule has 0 N–H and O–H groups in total. The highest BCUT2D eigenvalue weighted by molar-refractivity contribution is 5.40. The van der Waals surface area contributed by atoms with Crippen molar-refractivity contribution in [1.82, 2.24) is 9.88 Å². The quantitative estimate of drug-likeness (QED) is 0.854. The molecule has 2 aliphatic heterocycles. The van der Waals surface area contributed by atoms with Crippen LogP contribution in [-0.2, 0) is 4.74 Å². The zero-order valence-electron chi connectivity index (χ0n) is 14.0. The van der Waals surface area contributed by atoms with E-state index >= 15 is 0 Å². The molecule has 2 fully saturated rings. The van der Waals surface area contributed by atoms with E-state index in [1.165, 1.54) is 37.9 Å². The average Bonchev–Trinajstić information content (AvgIpc) is 2.56. The van der Waals surface area contributed by atoms with E-state index in [1.54, 1.807) is 0 Å². The number of aromatic nitrogens is 1. The topological polar surface area (TPSA) is 28.6 Å². The van der Waals surface area contributed by atoms with E-state index in [4.69, 9.17) is 9.72 Å². The molecule has 0 bridgehead atoms. The fraction of sp³-hybridized carbons (Fsp3) is 0.722. The molecule has 3 rings (SSSR count). The number of pyridine rings is 1. The van der Waals surface area contributed by atoms with E-state index in [9.17, 15) is 0 Å². The zero-order chi connectivity index (χ0) is 15.4. The number of ether oxygens (including phenoxy) is 1. The van der Waals surface area contributed by atoms with Crippen molar-refractivity contribution in [1.29, 1.82) is 0 Å². The first-order chi connectivity index (χ1) is 10.7. The van der Waals surface area contributed by atoms with Crippen molar-refractivity contribution in [2.75, 3.05) is 44.3 Å². The van der Waals surface area contributed by atoms with Gasteiger partial charge in [0.15, 0.2) is 0 Å². The van der Waals surface area contributed by atoms with Crippen molar-refractivity contribution in [3.8, 4) is 0 Å². The van der Waals surface area contributed by atoms with E-state index in [0.29, 0.717) is 6.04 Å². The Bertz CT molecular complexity index is 454. The summed E-state index contributed by atoms with van der Waals surface area (Å²) in [6.07, 6.45) is 6.05. The largest absolute Gasteiger partial charge is 0.378 e. The van der Waals surface area contributed by atoms with Crippen LogP contribution >= 0.6 is 0 Å². The highest BCUT2D eigenvalue weighted by Crippen LogP contribution is 2.31. The molecule has 1 aromatic heterocycles. The molecule has 0 radical (unpaired) electrons. The van der Waals surface area contributed by atoms with Gasteiger partial charge in [0.05, 0.1) is 13.2 Å². The highest BCUT2D eigenvalue weighted by Gasteiger charge is 2.24. The number of likely N-dealkylation sites (tertiary alicyclic amines) is 1. The fourth-order valence-corrected chi connectivity index (χ4v) is 3.63. The maximum atomic E-state index is 5.41. The van der Waals surface area contributed by atoms with Gasteiger partial charge in [0.1, 0.15) is 5.82 Å². The number of hydrogen-bond acceptors (Lipinski definition) is 4. The minimum Gasteiger partial charge on any atom is -0.378 e. The summed E-state index contributed by atoms with van der Waals surface area (Å²) < 4.78 is 5.41. The first-order valence-corrected chi connectivity index (χ1v) is 8.77. The SMILES string of the molecule is CC(C)CN1CCCCC1c1ccc(N2CCOCC2)nc1. The molecule has 1 aromatic rings. The molecule has 2 saturated heterocycles. The maximum absolute atomic E-state index is 5.41. The van der Waals surface area contributed by atoms with Crippen LogP contribution in [0.3, 0.4) is 0 Å². The predicted octanol–water partition coefficient (Wildman–Crippen LogP) is 3.10. The van der Waals surface area contributed by atoms with Gasteiger partial charge in [-0.05, 0) is 36.9 Å². The van der Waals surface area contributed by atoms with E-state index in [2.05, 4.69) is 42.0 Å². The Balaban J connectivity index is 1.70. The van der Waals surface area contributed by atoms with Crippen molar-refractivity contribution in [3.05, 3.63) is 23.9 Å². The minimum atomic E-state index is 0.558. The third-order valence-corrected chi connectivity index (χ3v) is 4.70. The van der Waals surface area contributed by atoms with Crippen molar-refractivity contribution >= 4 is 5.82 Å². The lowest BCUT2D eigenvalue weighted by Gasteiger charge is -2.37. The lowest BCUT2D eigenvalue weighted by atomic mass is 9.95. The van der Waals surface area contributed by atoms with Gasteiger partial charge in [0.25, 0.3) is 0 Å². The Labute approximate surface area is 134 Å². The fourth-order valence-electron chi connectivity index (χ4n) is 3.63. The van der Waals surface area contributed by atoms with E-state index in [1.807, 2.05) is 0 Å². The number of nitrogens with zero attached hydrogens (tertiary/aromatic N) is 3. The van der Waals surface area contributed by atoms with Crippen LogP contribution in [0.4, 0.5) is 5.82 Å². The van der Waals surface area contributed by atoms with Gasteiger partial charge in [-0.25, -0.2) is 4.98 Å². The summed E-state index contributed by atoms with van der Waals surface area (Å²) in [6.45, 7) is 10.6. The summed E-state index contributed by atoms with van der Waals surface area (Å²) in [4.78, 5) is 9.71. The van der Waals surface area contributed by atoms with Crippen LogP contribution in [0.25, 0.3) is 0 Å². The van der Waals surface area contributed by atoms with Crippen LogP contribution in [0.15, 0.2) is 18.3 Å². The molecule has 0 amide bonds. The Morgan fingerprint density at radius 3 is 2.68 bits per heavy atom. The van der Waals surface area contributed by atoms with Crippen molar-refractivity contribution in [2.45, 2.75) is 39.2 Å². The Hall–Kier alpha value is -1.13. The maximum Gasteiger partial charge on any atom is 0.128 e. The average molecular weight is 303 g/mol. The molecule has 0 saturated carbocycles. The van der Waals surface area contributed by atoms with Gasteiger partial charge in [-0.15, -0.1) is 0 Å². The van der Waals surface area contributed by atoms with Crippen LogP contribution in [0, 0.1) is 5.92 Å². The molecule has 0 aliphatic carbocycles. The molecule has 122 valence electrons. The Morgan fingerprint density at radius 1 is 1.18 bits per heavy atom. The first-order valence-electron chi connectivity index (χ1n) is 8.77. The van der Waals surface area contributed by atoms with Crippen LogP contribution in [0.2, 0.25) is 0 Å². The molecular formula is C18H29N3O. The second-order valence-electron chi connectivity index (χ2n) is 6.95. The van der Waals surface area contributed by atoms with Crippen molar-refractivity contribution in [2.24, 2.45) is 5.92 Å². The number of rotatable bonds is 4. The first kappa shape index (κ1) is 15.8. The van der Waals surface area contributed by atoms with Crippen LogP contribution in [0.5, 0.6) is 0 Å². The van der Waals surface area contributed by atoms with Gasteiger partial charge in [-0.1, -0.05) is 26.3 Å². The van der Waals surface area contributed by atoms with E-state index in [-0.39, 0.29) is 0 Å². The van der Waals surface area contributed by atoms with Gasteiger partial charge >= 0.3 is 0 Å². The van der Waals surface area contributed by atoms with Gasteiger partial charge in [-0.2, -0.15) is 0 Å². The second kappa shape index (κ2) is 7.42. The lowest BCUT2D eigenvalue weighted by molar-refractivity contribution is 0.122. The monoisotopic (exact) mass is 303 g/mol. The number of piperidine rings is 1. The smallest absolute Gasteiger partial charge is 0.128 e. The van der Waals surface area contributed by atoms with E-state index in [0.717, 1.165) is 38.0 Å². The summed E-state index contributed by atoms with van der Waals surface area (Å²) >= 11 is 0. The van der Waals surface area contributed by atoms with Crippen molar-refractivity contribution in [3.63, 3.8) is 0 Å². The Morgan fingerprint density at radius 2 is 2.00 bits per heavy atom. The zero-order valence-corrected chi connectivity index (χ0v) is 14.0. The molecule has 22 heavy (non-hydrogen) atoms. The van der Waals surface area contributed by atoms with Gasteiger partial charge in [-0.3, -0.25) is 4.90 Å². The molecule has 0 spiro atoms. The normalized spacial score (nSPS) is 24.0. The van der Waals surface area contributed by atoms with E-state index < -0.39 is 0 Å². The third kappa shape index (κ3) is 3.79. The second-order valence-corrected chi connectivity index (χ2v) is 6.95.